The van der Waals surface area contributed by atoms with Crippen LogP contribution in [0.5, 0.6) is 0 Å². The van der Waals surface area contributed by atoms with Crippen LogP contribution in [0, 0.1) is 0 Å². The fourth-order valence-electron chi connectivity index (χ4n) is 1.44. The predicted molar refractivity (Wildman–Crippen MR) is 69.8 cm³/mol. The number of nitrogen functional groups attached to an aromatic ring is 1. The lowest BCUT2D eigenvalue weighted by molar-refractivity contribution is 0.101. The maximum absolute atomic E-state index is 12.0. The molecule has 0 saturated heterocycles. The van der Waals surface area contributed by atoms with Crippen molar-refractivity contribution < 1.29 is 4.79 Å². The molecule has 0 atom stereocenters. The molecular formula is C10H9Cl2N5O. The van der Waals surface area contributed by atoms with E-state index in [-0.39, 0.29) is 16.0 Å². The molecule has 0 aliphatic heterocycles. The maximum atomic E-state index is 12.0. The quantitative estimate of drug-likeness (QED) is 0.826. The van der Waals surface area contributed by atoms with Gasteiger partial charge in [0.25, 0.3) is 5.91 Å². The van der Waals surface area contributed by atoms with Gasteiger partial charge in [-0.25, -0.2) is 9.97 Å². The van der Waals surface area contributed by atoms with Gasteiger partial charge in [-0.15, -0.1) is 0 Å². The molecule has 2 aromatic heterocycles. The van der Waals surface area contributed by atoms with Gasteiger partial charge in [0, 0.05) is 13.2 Å². The van der Waals surface area contributed by atoms with Crippen LogP contribution in [-0.4, -0.2) is 20.4 Å². The van der Waals surface area contributed by atoms with Crippen LogP contribution in [0.3, 0.4) is 0 Å². The lowest BCUT2D eigenvalue weighted by Gasteiger charge is -2.07. The van der Waals surface area contributed by atoms with Crippen molar-refractivity contribution >= 4 is 40.5 Å². The molecule has 0 aromatic carbocycles. The number of halogens is 2. The van der Waals surface area contributed by atoms with Gasteiger partial charge in [-0.2, -0.15) is 0 Å². The zero-order valence-electron chi connectivity index (χ0n) is 9.32. The van der Waals surface area contributed by atoms with E-state index < -0.39 is 5.91 Å². The summed E-state index contributed by atoms with van der Waals surface area (Å²) >= 11 is 11.6. The largest absolute Gasteiger partial charge is 0.397 e. The lowest BCUT2D eigenvalue weighted by Crippen LogP contribution is -2.16. The van der Waals surface area contributed by atoms with E-state index in [0.717, 1.165) is 0 Å². The average molecular weight is 286 g/mol. The molecule has 0 fully saturated rings. The molecule has 0 bridgehead atoms. The van der Waals surface area contributed by atoms with Crippen LogP contribution in [0.15, 0.2) is 18.6 Å². The number of nitrogens with one attached hydrogen (secondary N) is 1. The molecular weight excluding hydrogens is 277 g/mol. The summed E-state index contributed by atoms with van der Waals surface area (Å²) in [6, 6.07) is 1.54. The summed E-state index contributed by atoms with van der Waals surface area (Å²) in [5.41, 5.74) is 6.63. The van der Waals surface area contributed by atoms with Gasteiger partial charge in [-0.05, 0) is 6.07 Å². The minimum atomic E-state index is -0.396. The Bertz CT molecular complexity index is 590. The minimum Gasteiger partial charge on any atom is -0.397 e. The first kappa shape index (κ1) is 12.7. The van der Waals surface area contributed by atoms with Crippen LogP contribution < -0.4 is 11.1 Å². The number of amides is 1. The van der Waals surface area contributed by atoms with Crippen LogP contribution in [0.25, 0.3) is 0 Å². The standard InChI is InChI=1S/C10H9Cl2N5O/c1-17-3-5(13)2-6(17)10(18)16-7-8(11)14-4-15-9(7)12/h2-4H,13H2,1H3,(H,16,18). The van der Waals surface area contributed by atoms with E-state index in [1.54, 1.807) is 23.9 Å². The molecule has 8 heteroatoms. The van der Waals surface area contributed by atoms with Gasteiger partial charge >= 0.3 is 0 Å². The summed E-state index contributed by atoms with van der Waals surface area (Å²) in [6.07, 6.45) is 2.83. The van der Waals surface area contributed by atoms with E-state index in [0.29, 0.717) is 11.4 Å². The fourth-order valence-corrected chi connectivity index (χ4v) is 1.85. The number of rotatable bonds is 2. The lowest BCUT2D eigenvalue weighted by atomic mass is 10.3. The molecule has 0 aliphatic carbocycles. The summed E-state index contributed by atoms with van der Waals surface area (Å²) in [4.78, 5) is 19.5. The van der Waals surface area contributed by atoms with E-state index in [4.69, 9.17) is 28.9 Å². The van der Waals surface area contributed by atoms with Crippen molar-refractivity contribution in [2.45, 2.75) is 0 Å². The van der Waals surface area contributed by atoms with Crippen molar-refractivity contribution in [3.8, 4) is 0 Å². The number of carbonyl (C=O) groups excluding carboxylic acids is 1. The molecule has 3 N–H and O–H groups in total. The molecule has 2 aromatic rings. The molecule has 6 nitrogen and oxygen atoms in total. The number of nitrogens with zero attached hydrogens (tertiary/aromatic N) is 3. The number of carbonyl (C=O) groups is 1. The number of anilines is 2. The predicted octanol–water partition coefficient (Wildman–Crippen LogP) is 1.96. The zero-order valence-corrected chi connectivity index (χ0v) is 10.8. The zero-order chi connectivity index (χ0) is 13.3. The Kier molecular flexibility index (Phi) is 3.40. The first-order valence-corrected chi connectivity index (χ1v) is 5.64. The highest BCUT2D eigenvalue weighted by Crippen LogP contribution is 2.26. The summed E-state index contributed by atoms with van der Waals surface area (Å²) in [6.45, 7) is 0. The summed E-state index contributed by atoms with van der Waals surface area (Å²) in [7, 11) is 1.70. The van der Waals surface area contributed by atoms with Gasteiger partial charge in [0.05, 0.1) is 5.69 Å². The summed E-state index contributed by atoms with van der Waals surface area (Å²) in [5.74, 6) is -0.396. The first-order chi connectivity index (χ1) is 8.49. The van der Waals surface area contributed by atoms with E-state index in [2.05, 4.69) is 15.3 Å². The van der Waals surface area contributed by atoms with E-state index >= 15 is 0 Å². The molecule has 1 amide bonds. The Labute approximate surface area is 113 Å². The van der Waals surface area contributed by atoms with Gasteiger partial charge in [-0.1, -0.05) is 23.2 Å². The van der Waals surface area contributed by atoms with Crippen LogP contribution in [0.2, 0.25) is 10.3 Å². The topological polar surface area (TPSA) is 85.8 Å². The van der Waals surface area contributed by atoms with Gasteiger partial charge in [0.2, 0.25) is 0 Å². The molecule has 0 aliphatic rings. The highest BCUT2D eigenvalue weighted by Gasteiger charge is 2.15. The Morgan fingerprint density at radius 3 is 2.50 bits per heavy atom. The van der Waals surface area contributed by atoms with Crippen LogP contribution in [0.1, 0.15) is 10.5 Å². The van der Waals surface area contributed by atoms with E-state index in [1.165, 1.54) is 6.33 Å². The van der Waals surface area contributed by atoms with Gasteiger partial charge < -0.3 is 15.6 Å². The number of hydrogen-bond donors (Lipinski definition) is 2. The Morgan fingerprint density at radius 1 is 1.39 bits per heavy atom. The molecule has 18 heavy (non-hydrogen) atoms. The number of aryl methyl sites for hydroxylation is 1. The molecule has 0 spiro atoms. The Balaban J connectivity index is 2.30. The van der Waals surface area contributed by atoms with Crippen molar-refractivity contribution in [1.29, 1.82) is 0 Å². The Hall–Kier alpha value is -1.79. The monoisotopic (exact) mass is 285 g/mol. The first-order valence-electron chi connectivity index (χ1n) is 4.88. The molecule has 2 heterocycles. The second-order valence-electron chi connectivity index (χ2n) is 3.55. The van der Waals surface area contributed by atoms with Gasteiger partial charge in [0.1, 0.15) is 17.7 Å². The third kappa shape index (κ3) is 2.39. The van der Waals surface area contributed by atoms with E-state index in [1.807, 2.05) is 0 Å². The van der Waals surface area contributed by atoms with Crippen molar-refractivity contribution in [1.82, 2.24) is 14.5 Å². The van der Waals surface area contributed by atoms with Crippen molar-refractivity contribution in [2.24, 2.45) is 7.05 Å². The Morgan fingerprint density at radius 2 is 2.00 bits per heavy atom. The third-order valence-corrected chi connectivity index (χ3v) is 2.83. The number of nitrogens with two attached hydrogens (primary N) is 1. The summed E-state index contributed by atoms with van der Waals surface area (Å²) in [5, 5.41) is 2.69. The normalized spacial score (nSPS) is 10.4. The third-order valence-electron chi connectivity index (χ3n) is 2.25. The highest BCUT2D eigenvalue weighted by molar-refractivity contribution is 6.38. The maximum Gasteiger partial charge on any atom is 0.272 e. The van der Waals surface area contributed by atoms with Gasteiger partial charge in [-0.3, -0.25) is 4.79 Å². The van der Waals surface area contributed by atoms with Crippen molar-refractivity contribution in [3.63, 3.8) is 0 Å². The highest BCUT2D eigenvalue weighted by atomic mass is 35.5. The second-order valence-corrected chi connectivity index (χ2v) is 4.27. The number of aromatic nitrogens is 3. The molecule has 2 rings (SSSR count). The average Bonchev–Trinajstić information content (AvgIpc) is 2.63. The minimum absolute atomic E-state index is 0.0746. The molecule has 0 radical (unpaired) electrons. The number of hydrogen-bond acceptors (Lipinski definition) is 4. The van der Waals surface area contributed by atoms with Crippen molar-refractivity contribution in [2.75, 3.05) is 11.1 Å². The van der Waals surface area contributed by atoms with Gasteiger partial charge in [0.15, 0.2) is 10.3 Å². The SMILES string of the molecule is Cn1cc(N)cc1C(=O)Nc1c(Cl)ncnc1Cl. The smallest absolute Gasteiger partial charge is 0.272 e. The van der Waals surface area contributed by atoms with E-state index in [9.17, 15) is 4.79 Å². The fraction of sp³-hybridized carbons (Fsp3) is 0.100. The molecule has 0 saturated carbocycles. The molecule has 0 unspecified atom stereocenters. The van der Waals surface area contributed by atoms with Crippen LogP contribution in [0.4, 0.5) is 11.4 Å². The van der Waals surface area contributed by atoms with Crippen molar-refractivity contribution in [3.05, 3.63) is 34.6 Å². The van der Waals surface area contributed by atoms with Crippen LogP contribution >= 0.6 is 23.2 Å². The second kappa shape index (κ2) is 4.83. The molecule has 94 valence electrons. The van der Waals surface area contributed by atoms with Crippen LogP contribution in [-0.2, 0) is 7.05 Å². The summed E-state index contributed by atoms with van der Waals surface area (Å²) < 4.78 is 1.59.